The van der Waals surface area contributed by atoms with Gasteiger partial charge in [-0.1, -0.05) is 121 Å². The zero-order chi connectivity index (χ0) is 29.0. The van der Waals surface area contributed by atoms with Gasteiger partial charge in [0.25, 0.3) is 0 Å². The highest BCUT2D eigenvalue weighted by molar-refractivity contribution is 6.13. The van der Waals surface area contributed by atoms with E-state index in [4.69, 9.17) is 28.8 Å². The Bertz CT molecular complexity index is 2500. The van der Waals surface area contributed by atoms with Gasteiger partial charge in [-0.05, 0) is 12.1 Å². The van der Waals surface area contributed by atoms with E-state index in [1.165, 1.54) is 0 Å². The van der Waals surface area contributed by atoms with E-state index >= 15 is 0 Å². The van der Waals surface area contributed by atoms with Gasteiger partial charge >= 0.3 is 0 Å². The van der Waals surface area contributed by atoms with Crippen LogP contribution in [0.1, 0.15) is 0 Å². The lowest BCUT2D eigenvalue weighted by molar-refractivity contribution is 0.653. The lowest BCUT2D eigenvalue weighted by Gasteiger charge is -2.12. The molecule has 0 aliphatic heterocycles. The summed E-state index contributed by atoms with van der Waals surface area (Å²) in [5, 5.41) is 3.67. The predicted molar refractivity (Wildman–Crippen MR) is 174 cm³/mol. The van der Waals surface area contributed by atoms with Gasteiger partial charge in [0.1, 0.15) is 11.2 Å². The van der Waals surface area contributed by atoms with Crippen LogP contribution < -0.4 is 0 Å². The molecule has 9 aromatic rings. The third-order valence-corrected chi connectivity index (χ3v) is 7.98. The summed E-state index contributed by atoms with van der Waals surface area (Å²) in [4.78, 5) is 20.3. The molecule has 0 aliphatic carbocycles. The van der Waals surface area contributed by atoms with E-state index in [2.05, 4.69) is 24.3 Å². The minimum Gasteiger partial charge on any atom is -0.438 e. The standard InChI is InChI=1S/C38H22N4O2/c1-3-13-23(14-4-1)33-31-27-19-9-11-21-29(27)43-37(31)42-36(39-33)26-18-8-7-17-25(26)34-32-28-20-10-12-22-30(28)44-38(32)41-35(40-34)24-15-5-2-6-16-24/h1-22H. The largest absolute Gasteiger partial charge is 0.438 e. The summed E-state index contributed by atoms with van der Waals surface area (Å²) in [6.07, 6.45) is 0. The van der Waals surface area contributed by atoms with Crippen LogP contribution in [0, 0.1) is 0 Å². The molecule has 4 heterocycles. The zero-order valence-corrected chi connectivity index (χ0v) is 23.3. The van der Waals surface area contributed by atoms with Crippen molar-refractivity contribution >= 4 is 44.1 Å². The number of furan rings is 2. The molecule has 206 valence electrons. The molecule has 0 bridgehead atoms. The van der Waals surface area contributed by atoms with E-state index in [0.29, 0.717) is 23.1 Å². The molecule has 0 aliphatic rings. The number of rotatable bonds is 4. The number of hydrogen-bond acceptors (Lipinski definition) is 6. The van der Waals surface area contributed by atoms with Gasteiger partial charge in [-0.2, -0.15) is 9.97 Å². The molecular weight excluding hydrogens is 544 g/mol. The van der Waals surface area contributed by atoms with Crippen molar-refractivity contribution in [3.8, 4) is 45.3 Å². The summed E-state index contributed by atoms with van der Waals surface area (Å²) in [5.74, 6) is 1.13. The van der Waals surface area contributed by atoms with Crippen LogP contribution in [0.3, 0.4) is 0 Å². The molecule has 0 atom stereocenters. The maximum absolute atomic E-state index is 6.32. The van der Waals surface area contributed by atoms with Crippen LogP contribution >= 0.6 is 0 Å². The highest BCUT2D eigenvalue weighted by atomic mass is 16.3. The number of aromatic nitrogens is 4. The molecule has 5 aromatic carbocycles. The molecule has 44 heavy (non-hydrogen) atoms. The van der Waals surface area contributed by atoms with Crippen molar-refractivity contribution in [1.82, 2.24) is 19.9 Å². The van der Waals surface area contributed by atoms with Gasteiger partial charge in [-0.3, -0.25) is 0 Å². The molecule has 9 rings (SSSR count). The van der Waals surface area contributed by atoms with Gasteiger partial charge in [-0.25, -0.2) is 9.97 Å². The Morgan fingerprint density at radius 1 is 0.364 bits per heavy atom. The quantitative estimate of drug-likeness (QED) is 0.211. The normalized spacial score (nSPS) is 11.6. The first kappa shape index (κ1) is 24.5. The third-order valence-electron chi connectivity index (χ3n) is 7.98. The Balaban J connectivity index is 1.36. The van der Waals surface area contributed by atoms with Crippen LogP contribution in [0.2, 0.25) is 0 Å². The molecule has 0 unspecified atom stereocenters. The van der Waals surface area contributed by atoms with Crippen LogP contribution in [0.5, 0.6) is 0 Å². The molecule has 0 saturated carbocycles. The Kier molecular flexibility index (Phi) is 5.40. The first-order valence-electron chi connectivity index (χ1n) is 14.4. The molecule has 0 N–H and O–H groups in total. The fourth-order valence-electron chi connectivity index (χ4n) is 5.97. The first-order valence-corrected chi connectivity index (χ1v) is 14.4. The van der Waals surface area contributed by atoms with Crippen molar-refractivity contribution in [2.75, 3.05) is 0 Å². The minimum absolute atomic E-state index is 0.531. The Morgan fingerprint density at radius 3 is 1.50 bits per heavy atom. The fourth-order valence-corrected chi connectivity index (χ4v) is 5.97. The average Bonchev–Trinajstić information content (AvgIpc) is 3.66. The molecule has 0 saturated heterocycles. The van der Waals surface area contributed by atoms with E-state index in [0.717, 1.165) is 66.4 Å². The summed E-state index contributed by atoms with van der Waals surface area (Å²) >= 11 is 0. The molecule has 0 fully saturated rings. The number of hydrogen-bond donors (Lipinski definition) is 0. The Labute approximate surface area is 251 Å². The van der Waals surface area contributed by atoms with Crippen molar-refractivity contribution in [3.63, 3.8) is 0 Å². The minimum atomic E-state index is 0.531. The highest BCUT2D eigenvalue weighted by Crippen LogP contribution is 2.41. The van der Waals surface area contributed by atoms with Crippen molar-refractivity contribution in [2.24, 2.45) is 0 Å². The van der Waals surface area contributed by atoms with Crippen molar-refractivity contribution in [2.45, 2.75) is 0 Å². The molecule has 0 amide bonds. The maximum atomic E-state index is 6.32. The monoisotopic (exact) mass is 566 g/mol. The van der Waals surface area contributed by atoms with Gasteiger partial charge < -0.3 is 8.83 Å². The summed E-state index contributed by atoms with van der Waals surface area (Å²) in [5.41, 5.74) is 7.76. The van der Waals surface area contributed by atoms with Gasteiger partial charge in [0, 0.05) is 33.0 Å². The molecular formula is C38H22N4O2. The van der Waals surface area contributed by atoms with E-state index in [9.17, 15) is 0 Å². The van der Waals surface area contributed by atoms with Crippen LogP contribution in [0.25, 0.3) is 89.4 Å². The summed E-state index contributed by atoms with van der Waals surface area (Å²) in [6, 6.07) is 44.2. The fraction of sp³-hybridized carbons (Fsp3) is 0. The van der Waals surface area contributed by atoms with Crippen molar-refractivity contribution < 1.29 is 8.83 Å². The van der Waals surface area contributed by atoms with Gasteiger partial charge in [0.2, 0.25) is 11.4 Å². The first-order chi connectivity index (χ1) is 21.8. The van der Waals surface area contributed by atoms with E-state index in [1.54, 1.807) is 0 Å². The van der Waals surface area contributed by atoms with Gasteiger partial charge in [0.05, 0.1) is 22.2 Å². The van der Waals surface area contributed by atoms with Gasteiger partial charge in [0.15, 0.2) is 11.6 Å². The van der Waals surface area contributed by atoms with Gasteiger partial charge in [-0.15, -0.1) is 0 Å². The van der Waals surface area contributed by atoms with Crippen LogP contribution in [0.4, 0.5) is 0 Å². The second kappa shape index (κ2) is 9.71. The lowest BCUT2D eigenvalue weighted by Crippen LogP contribution is -1.98. The SMILES string of the molecule is c1ccc(-c2nc(-c3ccccc3-c3nc(-c4ccccc4)c4c(n3)oc3ccccc34)c3c(n2)oc2ccccc23)cc1. The van der Waals surface area contributed by atoms with E-state index in [-0.39, 0.29) is 0 Å². The molecule has 0 spiro atoms. The van der Waals surface area contributed by atoms with Crippen LogP contribution in [-0.4, -0.2) is 19.9 Å². The second-order valence-corrected chi connectivity index (χ2v) is 10.6. The molecule has 6 nitrogen and oxygen atoms in total. The van der Waals surface area contributed by atoms with E-state index < -0.39 is 0 Å². The predicted octanol–water partition coefficient (Wildman–Crippen LogP) is 9.73. The lowest BCUT2D eigenvalue weighted by atomic mass is 9.99. The zero-order valence-electron chi connectivity index (χ0n) is 23.3. The number of fused-ring (bicyclic) bond motifs is 6. The van der Waals surface area contributed by atoms with Crippen LogP contribution in [-0.2, 0) is 0 Å². The van der Waals surface area contributed by atoms with Crippen molar-refractivity contribution in [1.29, 1.82) is 0 Å². The Morgan fingerprint density at radius 2 is 0.841 bits per heavy atom. The highest BCUT2D eigenvalue weighted by Gasteiger charge is 2.23. The molecule has 0 radical (unpaired) electrons. The Hall–Kier alpha value is -6.14. The van der Waals surface area contributed by atoms with Crippen molar-refractivity contribution in [3.05, 3.63) is 133 Å². The maximum Gasteiger partial charge on any atom is 0.231 e. The molecule has 6 heteroatoms. The average molecular weight is 567 g/mol. The molecule has 4 aromatic heterocycles. The summed E-state index contributed by atoms with van der Waals surface area (Å²) in [7, 11) is 0. The second-order valence-electron chi connectivity index (χ2n) is 10.6. The number of nitrogens with zero attached hydrogens (tertiary/aromatic N) is 4. The topological polar surface area (TPSA) is 77.8 Å². The smallest absolute Gasteiger partial charge is 0.231 e. The number of benzene rings is 5. The summed E-state index contributed by atoms with van der Waals surface area (Å²) in [6.45, 7) is 0. The van der Waals surface area contributed by atoms with E-state index in [1.807, 2.05) is 109 Å². The third kappa shape index (κ3) is 3.82. The summed E-state index contributed by atoms with van der Waals surface area (Å²) < 4.78 is 12.6. The number of para-hydroxylation sites is 2. The van der Waals surface area contributed by atoms with Crippen LogP contribution in [0.15, 0.2) is 142 Å².